The molecule has 0 bridgehead atoms. The van der Waals surface area contributed by atoms with Crippen LogP contribution in [0.5, 0.6) is 0 Å². The Hall–Kier alpha value is -3.12. The first-order chi connectivity index (χ1) is 14.1. The van der Waals surface area contributed by atoms with Gasteiger partial charge in [-0.05, 0) is 59.3 Å². The van der Waals surface area contributed by atoms with E-state index in [1.54, 1.807) is 22.4 Å². The van der Waals surface area contributed by atoms with Gasteiger partial charge in [-0.1, -0.05) is 6.07 Å². The molecule has 0 saturated heterocycles. The molecule has 1 amide bonds. The lowest BCUT2D eigenvalue weighted by atomic mass is 10.0. The molecular weight excluding hydrogens is 390 g/mol. The Labute approximate surface area is 170 Å². The molecular formula is C23H16F2N2OS. The van der Waals surface area contributed by atoms with Crippen LogP contribution in [0.4, 0.5) is 14.5 Å². The Morgan fingerprint density at radius 1 is 1.14 bits per heavy atom. The number of carbonyl (C=O) groups is 1. The molecule has 3 nitrogen and oxygen atoms in total. The third-order valence-electron chi connectivity index (χ3n) is 5.31. The van der Waals surface area contributed by atoms with Crippen LogP contribution in [-0.2, 0) is 17.6 Å². The fraction of sp³-hybridized carbons (Fsp3) is 0.130. The third-order valence-corrected chi connectivity index (χ3v) is 6.28. The van der Waals surface area contributed by atoms with Crippen molar-refractivity contribution in [3.8, 4) is 11.1 Å². The van der Waals surface area contributed by atoms with Gasteiger partial charge in [-0.25, -0.2) is 8.78 Å². The largest absolute Gasteiger partial charge is 0.312 e. The minimum atomic E-state index is -0.563. The fourth-order valence-corrected chi connectivity index (χ4v) is 4.80. The summed E-state index contributed by atoms with van der Waals surface area (Å²) < 4.78 is 28.5. The quantitative estimate of drug-likeness (QED) is 0.458. The van der Waals surface area contributed by atoms with Gasteiger partial charge in [0.1, 0.15) is 11.6 Å². The van der Waals surface area contributed by atoms with Crippen molar-refractivity contribution in [3.63, 3.8) is 0 Å². The van der Waals surface area contributed by atoms with E-state index in [2.05, 4.69) is 16.4 Å². The molecule has 0 fully saturated rings. The maximum Gasteiger partial charge on any atom is 0.231 e. The molecule has 4 aromatic rings. The van der Waals surface area contributed by atoms with E-state index in [0.29, 0.717) is 6.54 Å². The van der Waals surface area contributed by atoms with Crippen molar-refractivity contribution in [2.24, 2.45) is 0 Å². The van der Waals surface area contributed by atoms with E-state index in [4.69, 9.17) is 0 Å². The Morgan fingerprint density at radius 2 is 2.03 bits per heavy atom. The SMILES string of the molecule is O=C(Cc1cc(F)ccc1F)N1CCc2cc(-c3csc4ccncc34)ccc21. The van der Waals surface area contributed by atoms with Gasteiger partial charge >= 0.3 is 0 Å². The van der Waals surface area contributed by atoms with Gasteiger partial charge in [0.2, 0.25) is 5.91 Å². The lowest BCUT2D eigenvalue weighted by molar-refractivity contribution is -0.117. The first-order valence-corrected chi connectivity index (χ1v) is 10.2. The Balaban J connectivity index is 1.43. The van der Waals surface area contributed by atoms with Crippen molar-refractivity contribution in [1.29, 1.82) is 0 Å². The predicted molar refractivity (Wildman–Crippen MR) is 111 cm³/mol. The summed E-state index contributed by atoms with van der Waals surface area (Å²) >= 11 is 1.68. The number of anilines is 1. The van der Waals surface area contributed by atoms with Crippen molar-refractivity contribution >= 4 is 33.0 Å². The highest BCUT2D eigenvalue weighted by molar-refractivity contribution is 7.17. The van der Waals surface area contributed by atoms with E-state index in [1.165, 1.54) is 4.70 Å². The van der Waals surface area contributed by atoms with Crippen LogP contribution in [0, 0.1) is 11.6 Å². The predicted octanol–water partition coefficient (Wildman–Crippen LogP) is 5.37. The normalized spacial score (nSPS) is 13.1. The highest BCUT2D eigenvalue weighted by atomic mass is 32.1. The summed E-state index contributed by atoms with van der Waals surface area (Å²) in [5, 5.41) is 3.24. The molecule has 0 saturated carbocycles. The van der Waals surface area contributed by atoms with Gasteiger partial charge < -0.3 is 4.90 Å². The third kappa shape index (κ3) is 3.19. The molecule has 144 valence electrons. The van der Waals surface area contributed by atoms with Gasteiger partial charge in [0.15, 0.2) is 0 Å². The Bertz CT molecular complexity index is 1250. The van der Waals surface area contributed by atoms with Gasteiger partial charge in [-0.3, -0.25) is 9.78 Å². The van der Waals surface area contributed by atoms with E-state index in [9.17, 15) is 13.6 Å². The molecule has 1 aliphatic heterocycles. The number of hydrogen-bond acceptors (Lipinski definition) is 3. The summed E-state index contributed by atoms with van der Waals surface area (Å²) in [6, 6.07) is 11.3. The summed E-state index contributed by atoms with van der Waals surface area (Å²) in [7, 11) is 0. The monoisotopic (exact) mass is 406 g/mol. The molecule has 0 unspecified atom stereocenters. The Kier molecular flexibility index (Phi) is 4.36. The number of benzene rings is 2. The van der Waals surface area contributed by atoms with Gasteiger partial charge in [0.05, 0.1) is 6.42 Å². The molecule has 0 spiro atoms. The zero-order valence-electron chi connectivity index (χ0n) is 15.4. The highest BCUT2D eigenvalue weighted by Gasteiger charge is 2.26. The Morgan fingerprint density at radius 3 is 2.93 bits per heavy atom. The number of halogens is 2. The number of hydrogen-bond donors (Lipinski definition) is 0. The summed E-state index contributed by atoms with van der Waals surface area (Å²) in [5.41, 5.74) is 4.23. The molecule has 0 atom stereocenters. The molecule has 2 aromatic carbocycles. The maximum absolute atomic E-state index is 13.9. The lowest BCUT2D eigenvalue weighted by Crippen LogP contribution is -2.30. The maximum atomic E-state index is 13.9. The van der Waals surface area contributed by atoms with E-state index >= 15 is 0 Å². The van der Waals surface area contributed by atoms with E-state index in [0.717, 1.165) is 52.4 Å². The zero-order chi connectivity index (χ0) is 20.0. The number of rotatable bonds is 3. The first kappa shape index (κ1) is 17.9. The summed E-state index contributed by atoms with van der Waals surface area (Å²) in [4.78, 5) is 18.7. The first-order valence-electron chi connectivity index (χ1n) is 9.29. The van der Waals surface area contributed by atoms with Crippen molar-refractivity contribution in [1.82, 2.24) is 4.98 Å². The second-order valence-corrected chi connectivity index (χ2v) is 7.98. The van der Waals surface area contributed by atoms with Crippen molar-refractivity contribution in [3.05, 3.63) is 83.0 Å². The summed E-state index contributed by atoms with van der Waals surface area (Å²) in [6.45, 7) is 0.542. The molecule has 5 rings (SSSR count). The van der Waals surface area contributed by atoms with Crippen LogP contribution in [0.15, 0.2) is 60.2 Å². The fourth-order valence-electron chi connectivity index (χ4n) is 3.86. The molecule has 6 heteroatoms. The van der Waals surface area contributed by atoms with Gasteiger partial charge in [0, 0.05) is 45.8 Å². The molecule has 0 aliphatic carbocycles. The van der Waals surface area contributed by atoms with Crippen molar-refractivity contribution in [2.75, 3.05) is 11.4 Å². The van der Waals surface area contributed by atoms with Crippen LogP contribution in [0.3, 0.4) is 0 Å². The highest BCUT2D eigenvalue weighted by Crippen LogP contribution is 2.37. The number of amides is 1. The second-order valence-electron chi connectivity index (χ2n) is 7.07. The van der Waals surface area contributed by atoms with Gasteiger partial charge in [-0.2, -0.15) is 0 Å². The molecule has 0 N–H and O–H groups in total. The molecule has 3 heterocycles. The smallest absolute Gasteiger partial charge is 0.231 e. The lowest BCUT2D eigenvalue weighted by Gasteiger charge is -2.18. The number of thiophene rings is 1. The van der Waals surface area contributed by atoms with E-state index < -0.39 is 11.6 Å². The van der Waals surface area contributed by atoms with Crippen LogP contribution in [0.2, 0.25) is 0 Å². The van der Waals surface area contributed by atoms with Gasteiger partial charge in [-0.15, -0.1) is 11.3 Å². The van der Waals surface area contributed by atoms with Crippen LogP contribution < -0.4 is 4.90 Å². The molecule has 1 aliphatic rings. The van der Waals surface area contributed by atoms with Crippen molar-refractivity contribution < 1.29 is 13.6 Å². The van der Waals surface area contributed by atoms with Crippen LogP contribution in [-0.4, -0.2) is 17.4 Å². The molecule has 2 aromatic heterocycles. The average molecular weight is 406 g/mol. The molecule has 29 heavy (non-hydrogen) atoms. The molecule has 0 radical (unpaired) electrons. The standard InChI is InChI=1S/C23H16F2N2OS/c24-17-2-3-20(25)16(10-17)11-23(28)27-8-6-15-9-14(1-4-21(15)27)19-13-29-22-5-7-26-12-18(19)22/h1-5,7,9-10,12-13H,6,8,11H2. The number of carbonyl (C=O) groups excluding carboxylic acids is 1. The summed E-state index contributed by atoms with van der Waals surface area (Å²) in [6.07, 6.45) is 4.24. The topological polar surface area (TPSA) is 33.2 Å². The number of nitrogens with zero attached hydrogens (tertiary/aromatic N) is 2. The number of pyridine rings is 1. The van der Waals surface area contributed by atoms with Crippen LogP contribution >= 0.6 is 11.3 Å². The second kappa shape index (κ2) is 7.04. The van der Waals surface area contributed by atoms with E-state index in [1.807, 2.05) is 24.4 Å². The number of fused-ring (bicyclic) bond motifs is 2. The van der Waals surface area contributed by atoms with Gasteiger partial charge in [0.25, 0.3) is 0 Å². The summed E-state index contributed by atoms with van der Waals surface area (Å²) in [5.74, 6) is -1.34. The minimum Gasteiger partial charge on any atom is -0.312 e. The number of aromatic nitrogens is 1. The minimum absolute atomic E-state index is 0.0808. The van der Waals surface area contributed by atoms with Crippen LogP contribution in [0.25, 0.3) is 21.2 Å². The average Bonchev–Trinajstić information content (AvgIpc) is 3.34. The zero-order valence-corrected chi connectivity index (χ0v) is 16.2. The van der Waals surface area contributed by atoms with E-state index in [-0.39, 0.29) is 17.9 Å². The van der Waals surface area contributed by atoms with Crippen LogP contribution in [0.1, 0.15) is 11.1 Å². The van der Waals surface area contributed by atoms with Crippen molar-refractivity contribution in [2.45, 2.75) is 12.8 Å².